The minimum absolute atomic E-state index is 0.000480. The Kier molecular flexibility index (Phi) is 25.4. The van der Waals surface area contributed by atoms with Crippen molar-refractivity contribution in [3.8, 4) is 11.8 Å². The molecule has 4 aromatic carbocycles. The Morgan fingerprint density at radius 1 is 0.412 bits per heavy atom. The molecule has 28 nitrogen and oxygen atoms in total. The van der Waals surface area contributed by atoms with Gasteiger partial charge in [-0.3, -0.25) is 19.2 Å². The number of anilines is 8. The van der Waals surface area contributed by atoms with Gasteiger partial charge in [-0.15, -0.1) is 45.3 Å². The molecule has 12 aromatic rings. The molecule has 9 aliphatic heterocycles. The maximum Gasteiger partial charge on any atom is 0.263 e. The van der Waals surface area contributed by atoms with Crippen LogP contribution in [0.5, 0.6) is 5.75 Å². The highest BCUT2D eigenvalue weighted by atomic mass is 32.1. The molecule has 3 aliphatic carbocycles. The molecule has 0 spiro atoms. The van der Waals surface area contributed by atoms with Crippen LogP contribution in [0.25, 0.3) is 40.9 Å². The van der Waals surface area contributed by atoms with E-state index in [1.165, 1.54) is 57.3 Å². The van der Waals surface area contributed by atoms with Gasteiger partial charge >= 0.3 is 0 Å². The summed E-state index contributed by atoms with van der Waals surface area (Å²) in [4.78, 5) is 83.8. The molecule has 35 heteroatoms. The Morgan fingerprint density at radius 2 is 0.787 bits per heavy atom. The van der Waals surface area contributed by atoms with Gasteiger partial charge in [-0.2, -0.15) is 5.26 Å². The van der Waals surface area contributed by atoms with Crippen LogP contribution in [-0.2, 0) is 59.2 Å². The molecule has 0 saturated carbocycles. The van der Waals surface area contributed by atoms with Crippen molar-refractivity contribution in [2.45, 2.75) is 197 Å². The number of fused-ring (bicyclic) bond motifs is 16. The van der Waals surface area contributed by atoms with Gasteiger partial charge in [0.05, 0.1) is 93.7 Å². The Balaban J connectivity index is 0.000000108. The molecule has 8 saturated heterocycles. The van der Waals surface area contributed by atoms with Gasteiger partial charge < -0.3 is 98.7 Å². The molecule has 708 valence electrons. The van der Waals surface area contributed by atoms with E-state index in [1.807, 2.05) is 107 Å². The third-order valence-electron chi connectivity index (χ3n) is 28.7. The number of nitrogens with two attached hydrogens (primary N) is 4. The molecule has 8 fully saturated rings. The quantitative estimate of drug-likeness (QED) is 0.0541. The number of nitrogen functional groups attached to an aromatic ring is 4. The third-order valence-corrected chi connectivity index (χ3v) is 33.2. The Morgan fingerprint density at radius 3 is 1.26 bits per heavy atom. The lowest BCUT2D eigenvalue weighted by atomic mass is 9.84. The van der Waals surface area contributed by atoms with Crippen LogP contribution in [0.2, 0.25) is 0 Å². The van der Waals surface area contributed by atoms with E-state index in [1.54, 1.807) is 6.07 Å². The smallest absolute Gasteiger partial charge is 0.263 e. The molecule has 15 N–H and O–H groups in total. The minimum Gasteiger partial charge on any atom is -0.488 e. The van der Waals surface area contributed by atoms with Crippen molar-refractivity contribution in [1.82, 2.24) is 57.2 Å². The van der Waals surface area contributed by atoms with Crippen LogP contribution in [0.1, 0.15) is 157 Å². The zero-order chi connectivity index (χ0) is 93.6. The van der Waals surface area contributed by atoms with E-state index < -0.39 is 0 Å². The number of pyridine rings is 4. The molecule has 12 aliphatic rings. The Hall–Kier alpha value is -11.6. The number of aromatic nitrogens is 4. The fourth-order valence-corrected chi connectivity index (χ4v) is 26.1. The van der Waals surface area contributed by atoms with Crippen molar-refractivity contribution < 1.29 is 51.3 Å². The number of thiophene rings is 4. The standard InChI is InChI=1S/C26H29FN4O2S.C26H28N6O2S.C25H28FN5O2S.C24H26FN5O2S/c1-14-5-8-20-23(28)24(34-26(20)29-14)25(32)30-17-7-6-15-11-22(21(27)10-16(15)9-17)31-12-18-3-2-4-19(13-31)33-18;1-14-2-5-20-23(28)24(35-26(20)30-14)25(33)31-16-4-6-19-15(8-16)3-7-22(21(19)9-27)32-12-17-10-29-11-18(13-32)34-17;1-13-2-5-19-22(27)23(34-25(19)29-13)24(32)30-15-4-6-18-14(8-15)3-7-20(21(18)26)31-11-16-9-28-10-17(12-31)33-16;1-12-2-6-17-20(26)22(33-24(17)27-12)23(31)29-16-8-13-3-7-18(19(25)21(13)32-11-16)30-9-14-4-5-15(10-30)28-14/h5,8,10-11,17-19H,2-4,6-7,9,12-13,28H2,1H3,(H,30,32);2-3,5,7,16-18,29H,4,6,8,10-13,28H2,1H3,(H,31,33);2-3,5,7,15-17,28H,4,6,8-12,27H2,1H3,(H,30,32);2-3,6-7,14-16,28H,4-5,8-11,26H2,1H3,(H,29,31)/t17-,18?,19?;16-,17?,18?;15-,16?,17?;14?,15?,16-/m0011/s1. The van der Waals surface area contributed by atoms with Gasteiger partial charge in [0.1, 0.15) is 63.1 Å². The van der Waals surface area contributed by atoms with Crippen LogP contribution in [-0.4, -0.2) is 202 Å². The first kappa shape index (κ1) is 90.9. The van der Waals surface area contributed by atoms with E-state index in [2.05, 4.69) is 95.0 Å². The van der Waals surface area contributed by atoms with Crippen molar-refractivity contribution in [1.29, 1.82) is 5.26 Å². The fraction of sp³-hybridized carbons (Fsp3) is 0.436. The number of hydrogen-bond acceptors (Lipinski definition) is 28. The molecule has 17 heterocycles. The molecule has 8 aromatic heterocycles. The number of carbonyl (C=O) groups is 4. The molecule has 24 rings (SSSR count). The Bertz CT molecular complexity index is 6580. The maximum absolute atomic E-state index is 15.6. The lowest BCUT2D eigenvalue weighted by molar-refractivity contribution is -0.0606. The number of rotatable bonds is 12. The van der Waals surface area contributed by atoms with Gasteiger partial charge in [0, 0.05) is 153 Å². The van der Waals surface area contributed by atoms with E-state index >= 15 is 13.2 Å². The van der Waals surface area contributed by atoms with Crippen molar-refractivity contribution in [3.63, 3.8) is 0 Å². The molecule has 8 bridgehead atoms. The van der Waals surface area contributed by atoms with E-state index in [0.717, 1.165) is 225 Å². The lowest BCUT2D eigenvalue weighted by Gasteiger charge is -2.43. The van der Waals surface area contributed by atoms with Crippen molar-refractivity contribution in [2.24, 2.45) is 0 Å². The highest BCUT2D eigenvalue weighted by molar-refractivity contribution is 7.22. The number of benzene rings is 4. The first-order valence-electron chi connectivity index (χ1n) is 47.5. The van der Waals surface area contributed by atoms with E-state index in [-0.39, 0.29) is 108 Å². The summed E-state index contributed by atoms with van der Waals surface area (Å²) >= 11 is 5.27. The normalized spacial score (nSPS) is 24.0. The number of hydrogen-bond donors (Lipinski definition) is 11. The monoisotopic (exact) mass is 1920 g/mol. The molecule has 8 unspecified atom stereocenters. The van der Waals surface area contributed by atoms with Crippen LogP contribution < -0.4 is 84.5 Å². The van der Waals surface area contributed by atoms with Gasteiger partial charge in [-0.1, -0.05) is 18.2 Å². The Labute approximate surface area is 801 Å². The molecular weight excluding hydrogens is 1810 g/mol. The second-order valence-electron chi connectivity index (χ2n) is 38.4. The first-order chi connectivity index (χ1) is 65.9. The lowest BCUT2D eigenvalue weighted by Crippen LogP contribution is -2.58. The first-order valence-corrected chi connectivity index (χ1v) is 50.7. The van der Waals surface area contributed by atoms with E-state index in [9.17, 15) is 24.4 Å². The van der Waals surface area contributed by atoms with Crippen LogP contribution in [0.4, 0.5) is 58.7 Å². The predicted molar refractivity (Wildman–Crippen MR) is 530 cm³/mol. The van der Waals surface area contributed by atoms with E-state index in [0.29, 0.717) is 129 Å². The summed E-state index contributed by atoms with van der Waals surface area (Å²) in [5.41, 5.74) is 41.2. The number of aryl methyl sites for hydroxylation is 5. The van der Waals surface area contributed by atoms with Crippen LogP contribution >= 0.6 is 45.3 Å². The number of nitriles is 1. The summed E-state index contributed by atoms with van der Waals surface area (Å²) < 4.78 is 70.0. The van der Waals surface area contributed by atoms with Crippen molar-refractivity contribution in [2.75, 3.05) is 128 Å². The summed E-state index contributed by atoms with van der Waals surface area (Å²) in [5, 5.41) is 36.1. The highest BCUT2D eigenvalue weighted by Crippen LogP contribution is 2.44. The number of carbonyl (C=O) groups excluding carboxylic acids is 4. The zero-order valence-electron chi connectivity index (χ0n) is 76.3. The molecule has 0 radical (unpaired) electrons. The van der Waals surface area contributed by atoms with E-state index in [4.69, 9.17) is 41.9 Å². The zero-order valence-corrected chi connectivity index (χ0v) is 79.6. The second-order valence-corrected chi connectivity index (χ2v) is 42.4. The van der Waals surface area contributed by atoms with Gasteiger partial charge in [-0.05, 0) is 242 Å². The number of ether oxygens (including phenoxy) is 4. The van der Waals surface area contributed by atoms with Crippen LogP contribution in [0.15, 0.2) is 97.1 Å². The largest absolute Gasteiger partial charge is 0.488 e. The van der Waals surface area contributed by atoms with Crippen molar-refractivity contribution >= 4 is 155 Å². The second kappa shape index (κ2) is 38.1. The van der Waals surface area contributed by atoms with Gasteiger partial charge in [-0.25, -0.2) is 33.1 Å². The van der Waals surface area contributed by atoms with Crippen LogP contribution in [0.3, 0.4) is 0 Å². The van der Waals surface area contributed by atoms with Gasteiger partial charge in [0.2, 0.25) is 0 Å². The predicted octanol–water partition coefficient (Wildman–Crippen LogP) is 12.7. The number of morpholine rings is 5. The van der Waals surface area contributed by atoms with Crippen molar-refractivity contribution in [3.05, 3.63) is 201 Å². The van der Waals surface area contributed by atoms with Gasteiger partial charge in [0.15, 0.2) is 11.6 Å². The van der Waals surface area contributed by atoms with Gasteiger partial charge in [0.25, 0.3) is 23.6 Å². The molecule has 136 heavy (non-hydrogen) atoms. The number of nitrogens with zero attached hydrogens (tertiary/aromatic N) is 9. The molecule has 12 atom stereocenters. The summed E-state index contributed by atoms with van der Waals surface area (Å²) in [5.74, 6) is -1.05. The average molecular weight is 1920 g/mol. The number of nitrogens with one attached hydrogen (secondary N) is 7. The molecular formula is C101H111F3N20O8S4. The summed E-state index contributed by atoms with van der Waals surface area (Å²) in [7, 11) is 0. The fourth-order valence-electron chi connectivity index (χ4n) is 21.9. The average Bonchev–Trinajstić information content (AvgIpc) is 1.07. The van der Waals surface area contributed by atoms with Crippen LogP contribution in [0, 0.1) is 56.5 Å². The maximum atomic E-state index is 15.6. The third kappa shape index (κ3) is 18.5. The minimum atomic E-state index is -0.297. The summed E-state index contributed by atoms with van der Waals surface area (Å²) in [6.07, 6.45) is 13.5. The topological polar surface area (TPSA) is 382 Å². The summed E-state index contributed by atoms with van der Waals surface area (Å²) in [6.45, 7) is 17.3. The SMILES string of the molecule is Cc1ccc2c(N)c(C(=O)N[C@@H]3CCc4c(ccc(N5CC6CNCC(C5)O6)c4F)C3)sc2n1.Cc1ccc2c(N)c(C(=O)N[C@H]3CCc4c(ccc(N5CC6CNCC(C5)O6)c4C#N)C3)sc2n1.Cc1ccc2c(N)c(C(=O)N[C@H]3CCc4cc(N5CC6CCCC(C5)O6)c(F)cc4C3)sc2n1.Cc1ccc2c(N)c(C(=O)N[C@H]3COc4c(ccc(N5CC6CCC(C5)N6)c4F)C3)sc2n1. The number of halogens is 3. The molecule has 4 amide bonds. The number of piperazine rings is 1. The number of amides is 4. The summed E-state index contributed by atoms with van der Waals surface area (Å²) in [6, 6.07) is 33.8. The highest BCUT2D eigenvalue weighted by Gasteiger charge is 2.41.